The first-order valence-electron chi connectivity index (χ1n) is 7.44. The van der Waals surface area contributed by atoms with Crippen molar-refractivity contribution in [3.05, 3.63) is 18.0 Å². The number of carbonyl (C=O) groups excluding carboxylic acids is 1. The van der Waals surface area contributed by atoms with Crippen LogP contribution in [0.4, 0.5) is 0 Å². The molecule has 0 bridgehead atoms. The Kier molecular flexibility index (Phi) is 7.71. The Balaban J connectivity index is 0.00000220. The molecule has 1 aromatic heterocycles. The first-order chi connectivity index (χ1) is 9.72. The first kappa shape index (κ1) is 17.9. The van der Waals surface area contributed by atoms with E-state index in [1.54, 1.807) is 0 Å². The third-order valence-electron chi connectivity index (χ3n) is 3.74. The van der Waals surface area contributed by atoms with Crippen LogP contribution in [-0.2, 0) is 17.9 Å². The van der Waals surface area contributed by atoms with E-state index in [1.807, 2.05) is 10.9 Å². The van der Waals surface area contributed by atoms with E-state index in [4.69, 9.17) is 5.73 Å². The van der Waals surface area contributed by atoms with Gasteiger partial charge in [-0.25, -0.2) is 0 Å². The van der Waals surface area contributed by atoms with Gasteiger partial charge in [0.15, 0.2) is 0 Å². The standard InChI is InChI=1S/C14H25N5O.ClH/c1-2-19-10-12(8-17-19)9-18-7-3-4-13(11-18)14(20)16-6-5-15;/h8,10,13H,2-7,9,11,15H2,1H3,(H,16,20);1H. The van der Waals surface area contributed by atoms with Crippen LogP contribution in [0.3, 0.4) is 0 Å². The topological polar surface area (TPSA) is 76.2 Å². The molecule has 7 heteroatoms. The molecule has 6 nitrogen and oxygen atoms in total. The second kappa shape index (κ2) is 9.02. The zero-order chi connectivity index (χ0) is 14.4. The maximum atomic E-state index is 12.0. The molecule has 2 heterocycles. The molecule has 1 atom stereocenters. The van der Waals surface area contributed by atoms with Crippen molar-refractivity contribution < 1.29 is 4.79 Å². The monoisotopic (exact) mass is 315 g/mol. The quantitative estimate of drug-likeness (QED) is 0.806. The number of likely N-dealkylation sites (tertiary alicyclic amines) is 1. The SMILES string of the molecule is CCn1cc(CN2CCCC(C(=O)NCCN)C2)cn1.Cl. The van der Waals surface area contributed by atoms with Gasteiger partial charge in [-0.15, -0.1) is 12.4 Å². The molecule has 0 aliphatic carbocycles. The van der Waals surface area contributed by atoms with Crippen LogP contribution in [0.1, 0.15) is 25.3 Å². The number of aryl methyl sites for hydroxylation is 1. The Morgan fingerprint density at radius 1 is 1.57 bits per heavy atom. The zero-order valence-electron chi connectivity index (χ0n) is 12.6. The molecule has 0 spiro atoms. The van der Waals surface area contributed by atoms with Gasteiger partial charge in [0.05, 0.1) is 12.1 Å². The summed E-state index contributed by atoms with van der Waals surface area (Å²) in [6.07, 6.45) is 6.05. The third-order valence-corrected chi connectivity index (χ3v) is 3.74. The van der Waals surface area contributed by atoms with E-state index in [9.17, 15) is 4.79 Å². The summed E-state index contributed by atoms with van der Waals surface area (Å²) in [5.74, 6) is 0.237. The highest BCUT2D eigenvalue weighted by molar-refractivity contribution is 5.85. The van der Waals surface area contributed by atoms with Gasteiger partial charge in [-0.2, -0.15) is 5.10 Å². The number of nitrogens with one attached hydrogen (secondary N) is 1. The fraction of sp³-hybridized carbons (Fsp3) is 0.714. The summed E-state index contributed by atoms with van der Waals surface area (Å²) < 4.78 is 1.94. The highest BCUT2D eigenvalue weighted by Crippen LogP contribution is 2.18. The van der Waals surface area contributed by atoms with Gasteiger partial charge in [0.2, 0.25) is 5.91 Å². The van der Waals surface area contributed by atoms with Crippen LogP contribution in [0, 0.1) is 5.92 Å². The smallest absolute Gasteiger partial charge is 0.224 e. The fourth-order valence-corrected chi connectivity index (χ4v) is 2.67. The lowest BCUT2D eigenvalue weighted by Crippen LogP contribution is -2.43. The minimum atomic E-state index is 0. The number of halogens is 1. The van der Waals surface area contributed by atoms with Crippen molar-refractivity contribution in [2.24, 2.45) is 11.7 Å². The normalized spacial score (nSPS) is 19.0. The van der Waals surface area contributed by atoms with Gasteiger partial charge in [0, 0.05) is 44.5 Å². The number of aromatic nitrogens is 2. The van der Waals surface area contributed by atoms with Crippen molar-refractivity contribution in [1.29, 1.82) is 0 Å². The predicted molar refractivity (Wildman–Crippen MR) is 85.2 cm³/mol. The lowest BCUT2D eigenvalue weighted by molar-refractivity contribution is -0.126. The minimum Gasteiger partial charge on any atom is -0.355 e. The zero-order valence-corrected chi connectivity index (χ0v) is 13.4. The van der Waals surface area contributed by atoms with Crippen LogP contribution in [0.15, 0.2) is 12.4 Å². The van der Waals surface area contributed by atoms with E-state index in [0.717, 1.165) is 39.0 Å². The van der Waals surface area contributed by atoms with Crippen molar-refractivity contribution in [3.63, 3.8) is 0 Å². The molecule has 0 radical (unpaired) electrons. The molecule has 21 heavy (non-hydrogen) atoms. The Labute approximate surface area is 132 Å². The summed E-state index contributed by atoms with van der Waals surface area (Å²) in [6, 6.07) is 0. The van der Waals surface area contributed by atoms with Crippen LogP contribution in [0.25, 0.3) is 0 Å². The van der Waals surface area contributed by atoms with Crippen LogP contribution < -0.4 is 11.1 Å². The number of nitrogens with zero attached hydrogens (tertiary/aromatic N) is 3. The first-order valence-corrected chi connectivity index (χ1v) is 7.44. The Morgan fingerprint density at radius 2 is 2.38 bits per heavy atom. The van der Waals surface area contributed by atoms with Gasteiger partial charge in [-0.3, -0.25) is 14.4 Å². The van der Waals surface area contributed by atoms with E-state index in [-0.39, 0.29) is 24.2 Å². The van der Waals surface area contributed by atoms with E-state index in [0.29, 0.717) is 13.1 Å². The van der Waals surface area contributed by atoms with Gasteiger partial charge in [0.1, 0.15) is 0 Å². The number of rotatable bonds is 6. The summed E-state index contributed by atoms with van der Waals surface area (Å²) in [6.45, 7) is 6.79. The molecule has 1 saturated heterocycles. The van der Waals surface area contributed by atoms with Gasteiger partial charge >= 0.3 is 0 Å². The van der Waals surface area contributed by atoms with E-state index < -0.39 is 0 Å². The van der Waals surface area contributed by atoms with Crippen LogP contribution in [0.2, 0.25) is 0 Å². The number of hydrogen-bond acceptors (Lipinski definition) is 4. The van der Waals surface area contributed by atoms with Gasteiger partial charge < -0.3 is 11.1 Å². The van der Waals surface area contributed by atoms with Crippen LogP contribution in [0.5, 0.6) is 0 Å². The predicted octanol–water partition coefficient (Wildman–Crippen LogP) is 0.612. The number of piperidine rings is 1. The van der Waals surface area contributed by atoms with E-state index >= 15 is 0 Å². The molecule has 0 aromatic carbocycles. The summed E-state index contributed by atoms with van der Waals surface area (Å²) in [5, 5.41) is 7.18. The van der Waals surface area contributed by atoms with Crippen molar-refractivity contribution >= 4 is 18.3 Å². The number of carbonyl (C=O) groups is 1. The average molecular weight is 316 g/mol. The summed E-state index contributed by atoms with van der Waals surface area (Å²) in [7, 11) is 0. The summed E-state index contributed by atoms with van der Waals surface area (Å²) in [5.41, 5.74) is 6.63. The van der Waals surface area contributed by atoms with Crippen molar-refractivity contribution in [1.82, 2.24) is 20.0 Å². The second-order valence-electron chi connectivity index (χ2n) is 5.36. The largest absolute Gasteiger partial charge is 0.355 e. The van der Waals surface area contributed by atoms with Crippen LogP contribution >= 0.6 is 12.4 Å². The van der Waals surface area contributed by atoms with Crippen molar-refractivity contribution in [2.45, 2.75) is 32.9 Å². The molecule has 3 N–H and O–H groups in total. The number of hydrogen-bond donors (Lipinski definition) is 2. The average Bonchev–Trinajstić information content (AvgIpc) is 2.92. The van der Waals surface area contributed by atoms with Crippen molar-refractivity contribution in [3.8, 4) is 0 Å². The number of amides is 1. The number of nitrogens with two attached hydrogens (primary N) is 1. The Hall–Kier alpha value is -1.11. The molecule has 120 valence electrons. The molecular weight excluding hydrogens is 290 g/mol. The molecule has 0 saturated carbocycles. The summed E-state index contributed by atoms with van der Waals surface area (Å²) in [4.78, 5) is 14.3. The van der Waals surface area contributed by atoms with Gasteiger partial charge in [-0.1, -0.05) is 0 Å². The van der Waals surface area contributed by atoms with Crippen molar-refractivity contribution in [2.75, 3.05) is 26.2 Å². The molecule has 2 rings (SSSR count). The maximum Gasteiger partial charge on any atom is 0.224 e. The van der Waals surface area contributed by atoms with Gasteiger partial charge in [0.25, 0.3) is 0 Å². The highest BCUT2D eigenvalue weighted by Gasteiger charge is 2.25. The highest BCUT2D eigenvalue weighted by atomic mass is 35.5. The second-order valence-corrected chi connectivity index (χ2v) is 5.36. The van der Waals surface area contributed by atoms with E-state index in [1.165, 1.54) is 5.56 Å². The molecule has 1 unspecified atom stereocenters. The Bertz CT molecular complexity index is 437. The van der Waals surface area contributed by atoms with Crippen LogP contribution in [-0.4, -0.2) is 46.8 Å². The molecular formula is C14H26ClN5O. The Morgan fingerprint density at radius 3 is 3.05 bits per heavy atom. The molecule has 1 amide bonds. The molecule has 1 aliphatic heterocycles. The molecule has 1 aromatic rings. The summed E-state index contributed by atoms with van der Waals surface area (Å²) >= 11 is 0. The van der Waals surface area contributed by atoms with E-state index in [2.05, 4.69) is 28.4 Å². The maximum absolute atomic E-state index is 12.0. The third kappa shape index (κ3) is 5.30. The lowest BCUT2D eigenvalue weighted by Gasteiger charge is -2.31. The fourth-order valence-electron chi connectivity index (χ4n) is 2.67. The minimum absolute atomic E-state index is 0. The molecule has 1 fully saturated rings. The molecule has 1 aliphatic rings. The lowest BCUT2D eigenvalue weighted by atomic mass is 9.97. The van der Waals surface area contributed by atoms with Gasteiger partial charge in [-0.05, 0) is 26.3 Å².